The molecule has 80 valence electrons. The highest BCUT2D eigenvalue weighted by molar-refractivity contribution is 5.64. The third-order valence-corrected chi connectivity index (χ3v) is 2.81. The van der Waals surface area contributed by atoms with Crippen LogP contribution < -0.4 is 4.74 Å². The monoisotopic (exact) mass is 212 g/mol. The summed E-state index contributed by atoms with van der Waals surface area (Å²) < 4.78 is 5.54. The van der Waals surface area contributed by atoms with Crippen molar-refractivity contribution in [3.05, 3.63) is 42.0 Å². The number of ether oxygens (including phenoxy) is 1. The second-order valence-electron chi connectivity index (χ2n) is 3.94. The highest BCUT2D eigenvalue weighted by Crippen LogP contribution is 2.30. The van der Waals surface area contributed by atoms with Crippen molar-refractivity contribution in [2.75, 3.05) is 6.61 Å². The molecule has 16 heavy (non-hydrogen) atoms. The highest BCUT2D eigenvalue weighted by Gasteiger charge is 2.12. The van der Waals surface area contributed by atoms with Crippen LogP contribution in [0, 0.1) is 6.92 Å². The summed E-state index contributed by atoms with van der Waals surface area (Å²) in [7, 11) is 0. The fourth-order valence-corrected chi connectivity index (χ4v) is 1.89. The Kier molecular flexibility index (Phi) is 2.10. The summed E-state index contributed by atoms with van der Waals surface area (Å²) in [6.07, 6.45) is 4.71. The Bertz CT molecular complexity index is 520. The highest BCUT2D eigenvalue weighted by atomic mass is 16.5. The van der Waals surface area contributed by atoms with E-state index < -0.39 is 0 Å². The average molecular weight is 212 g/mol. The van der Waals surface area contributed by atoms with Gasteiger partial charge in [-0.05, 0) is 24.1 Å². The third-order valence-electron chi connectivity index (χ3n) is 2.81. The van der Waals surface area contributed by atoms with Crippen molar-refractivity contribution >= 4 is 0 Å². The molecular weight excluding hydrogens is 200 g/mol. The minimum atomic E-state index is 0.793. The first-order chi connectivity index (χ1) is 7.83. The predicted molar refractivity (Wildman–Crippen MR) is 61.4 cm³/mol. The van der Waals surface area contributed by atoms with Crippen LogP contribution in [0.1, 0.15) is 11.4 Å². The van der Waals surface area contributed by atoms with Gasteiger partial charge in [-0.2, -0.15) is 0 Å². The molecule has 0 bridgehead atoms. The summed E-state index contributed by atoms with van der Waals surface area (Å²) in [4.78, 5) is 8.39. The van der Waals surface area contributed by atoms with Crippen molar-refractivity contribution in [1.82, 2.24) is 9.97 Å². The molecule has 0 saturated carbocycles. The SMILES string of the molecule is Cc1ncc(-c2ccc3c(c2)OCC3)cn1. The van der Waals surface area contributed by atoms with E-state index in [-0.39, 0.29) is 0 Å². The van der Waals surface area contributed by atoms with Gasteiger partial charge < -0.3 is 4.74 Å². The molecular formula is C13H12N2O. The molecule has 2 heterocycles. The Hall–Kier alpha value is -1.90. The number of aryl methyl sites for hydroxylation is 1. The van der Waals surface area contributed by atoms with Gasteiger partial charge in [-0.1, -0.05) is 12.1 Å². The lowest BCUT2D eigenvalue weighted by molar-refractivity contribution is 0.357. The van der Waals surface area contributed by atoms with Gasteiger partial charge in [0, 0.05) is 24.4 Å². The number of hydrogen-bond acceptors (Lipinski definition) is 3. The molecule has 0 aliphatic carbocycles. The topological polar surface area (TPSA) is 35.0 Å². The zero-order valence-electron chi connectivity index (χ0n) is 9.10. The Morgan fingerprint density at radius 3 is 2.75 bits per heavy atom. The smallest absolute Gasteiger partial charge is 0.125 e. The van der Waals surface area contributed by atoms with E-state index in [1.54, 1.807) is 0 Å². The number of benzene rings is 1. The molecule has 1 aromatic carbocycles. The Morgan fingerprint density at radius 1 is 1.12 bits per heavy atom. The first kappa shape index (κ1) is 9.33. The predicted octanol–water partition coefficient (Wildman–Crippen LogP) is 2.39. The lowest BCUT2D eigenvalue weighted by Gasteiger charge is -2.04. The molecule has 1 aromatic heterocycles. The number of hydrogen-bond donors (Lipinski definition) is 0. The van der Waals surface area contributed by atoms with Crippen LogP contribution in [0.2, 0.25) is 0 Å². The van der Waals surface area contributed by atoms with Crippen molar-refractivity contribution in [2.24, 2.45) is 0 Å². The Balaban J connectivity index is 2.03. The molecule has 1 aliphatic rings. The van der Waals surface area contributed by atoms with Gasteiger partial charge in [0.1, 0.15) is 11.6 Å². The number of rotatable bonds is 1. The zero-order valence-corrected chi connectivity index (χ0v) is 9.10. The first-order valence-electron chi connectivity index (χ1n) is 5.38. The number of aromatic nitrogens is 2. The Morgan fingerprint density at radius 2 is 1.94 bits per heavy atom. The lowest BCUT2D eigenvalue weighted by Crippen LogP contribution is -1.88. The second-order valence-corrected chi connectivity index (χ2v) is 3.94. The summed E-state index contributed by atoms with van der Waals surface area (Å²) >= 11 is 0. The van der Waals surface area contributed by atoms with E-state index >= 15 is 0 Å². The minimum Gasteiger partial charge on any atom is -0.493 e. The molecule has 0 fully saturated rings. The Labute approximate surface area is 94.1 Å². The molecule has 3 rings (SSSR count). The molecule has 0 atom stereocenters. The van der Waals surface area contributed by atoms with Crippen LogP contribution >= 0.6 is 0 Å². The largest absolute Gasteiger partial charge is 0.493 e. The van der Waals surface area contributed by atoms with E-state index in [4.69, 9.17) is 4.74 Å². The quantitative estimate of drug-likeness (QED) is 0.728. The van der Waals surface area contributed by atoms with Crippen LogP contribution in [0.5, 0.6) is 5.75 Å². The molecule has 1 aliphatic heterocycles. The van der Waals surface area contributed by atoms with Gasteiger partial charge in [0.15, 0.2) is 0 Å². The van der Waals surface area contributed by atoms with Gasteiger partial charge in [-0.15, -0.1) is 0 Å². The summed E-state index contributed by atoms with van der Waals surface area (Å²) in [6.45, 7) is 2.68. The van der Waals surface area contributed by atoms with Gasteiger partial charge in [-0.25, -0.2) is 9.97 Å². The summed E-state index contributed by atoms with van der Waals surface area (Å²) in [6, 6.07) is 6.29. The van der Waals surface area contributed by atoms with Gasteiger partial charge in [0.05, 0.1) is 6.61 Å². The van der Waals surface area contributed by atoms with Crippen LogP contribution in [0.25, 0.3) is 11.1 Å². The molecule has 2 aromatic rings. The maximum atomic E-state index is 5.54. The van der Waals surface area contributed by atoms with E-state index in [9.17, 15) is 0 Å². The summed E-state index contributed by atoms with van der Waals surface area (Å²) in [5.74, 6) is 1.79. The van der Waals surface area contributed by atoms with Crippen molar-refractivity contribution in [2.45, 2.75) is 13.3 Å². The molecule has 0 unspecified atom stereocenters. The fraction of sp³-hybridized carbons (Fsp3) is 0.231. The number of fused-ring (bicyclic) bond motifs is 1. The molecule has 0 radical (unpaired) electrons. The van der Waals surface area contributed by atoms with Crippen molar-refractivity contribution in [1.29, 1.82) is 0 Å². The average Bonchev–Trinajstić information content (AvgIpc) is 2.77. The van der Waals surface area contributed by atoms with Crippen LogP contribution in [-0.4, -0.2) is 16.6 Å². The first-order valence-corrected chi connectivity index (χ1v) is 5.38. The minimum absolute atomic E-state index is 0.793. The van der Waals surface area contributed by atoms with E-state index in [1.807, 2.05) is 19.3 Å². The van der Waals surface area contributed by atoms with Crippen molar-refractivity contribution < 1.29 is 4.74 Å². The van der Waals surface area contributed by atoms with Gasteiger partial charge in [-0.3, -0.25) is 0 Å². The summed E-state index contributed by atoms with van der Waals surface area (Å²) in [5.41, 5.74) is 3.43. The maximum Gasteiger partial charge on any atom is 0.125 e. The van der Waals surface area contributed by atoms with Gasteiger partial charge in [0.2, 0.25) is 0 Å². The fourth-order valence-electron chi connectivity index (χ4n) is 1.89. The van der Waals surface area contributed by atoms with Gasteiger partial charge in [0.25, 0.3) is 0 Å². The van der Waals surface area contributed by atoms with Crippen molar-refractivity contribution in [3.63, 3.8) is 0 Å². The molecule has 0 saturated heterocycles. The second kappa shape index (κ2) is 3.59. The molecule has 0 spiro atoms. The van der Waals surface area contributed by atoms with E-state index in [2.05, 4.69) is 28.2 Å². The maximum absolute atomic E-state index is 5.54. The van der Waals surface area contributed by atoms with Crippen LogP contribution in [0.4, 0.5) is 0 Å². The van der Waals surface area contributed by atoms with E-state index in [0.29, 0.717) is 0 Å². The lowest BCUT2D eigenvalue weighted by atomic mass is 10.1. The normalized spacial score (nSPS) is 13.3. The third kappa shape index (κ3) is 1.54. The van der Waals surface area contributed by atoms with Crippen molar-refractivity contribution in [3.8, 4) is 16.9 Å². The van der Waals surface area contributed by atoms with Crippen LogP contribution in [0.3, 0.4) is 0 Å². The van der Waals surface area contributed by atoms with E-state index in [1.165, 1.54) is 5.56 Å². The summed E-state index contributed by atoms with van der Waals surface area (Å²) in [5, 5.41) is 0. The van der Waals surface area contributed by atoms with Crippen LogP contribution in [0.15, 0.2) is 30.6 Å². The van der Waals surface area contributed by atoms with Gasteiger partial charge >= 0.3 is 0 Å². The standard InChI is InChI=1S/C13H12N2O/c1-9-14-7-12(8-15-9)11-3-2-10-4-5-16-13(10)6-11/h2-3,6-8H,4-5H2,1H3. The number of nitrogens with zero attached hydrogens (tertiary/aromatic N) is 2. The molecule has 0 amide bonds. The molecule has 3 nitrogen and oxygen atoms in total. The van der Waals surface area contributed by atoms with Crippen LogP contribution in [-0.2, 0) is 6.42 Å². The zero-order chi connectivity index (χ0) is 11.0. The molecule has 3 heteroatoms. The van der Waals surface area contributed by atoms with E-state index in [0.717, 1.165) is 35.7 Å². The molecule has 0 N–H and O–H groups in total.